The third kappa shape index (κ3) is 3.61. The van der Waals surface area contributed by atoms with Gasteiger partial charge in [0, 0.05) is 17.5 Å². The minimum absolute atomic E-state index is 0.209. The van der Waals surface area contributed by atoms with Crippen LogP contribution in [0.1, 0.15) is 43.4 Å². The number of fused-ring (bicyclic) bond motifs is 6. The van der Waals surface area contributed by atoms with Crippen LogP contribution in [0.3, 0.4) is 0 Å². The van der Waals surface area contributed by atoms with E-state index < -0.39 is 23.4 Å². The molecule has 1 N–H and O–H groups in total. The van der Waals surface area contributed by atoms with Crippen molar-refractivity contribution in [1.82, 2.24) is 4.90 Å². The number of hydrogen-bond acceptors (Lipinski definition) is 5. The minimum Gasteiger partial charge on any atom is -0.489 e. The van der Waals surface area contributed by atoms with Gasteiger partial charge >= 0.3 is 0 Å². The summed E-state index contributed by atoms with van der Waals surface area (Å²) in [5, 5.41) is 3.08. The fourth-order valence-electron chi connectivity index (χ4n) is 7.05. The molecule has 0 unspecified atom stereocenters. The van der Waals surface area contributed by atoms with Gasteiger partial charge in [-0.15, -0.1) is 0 Å². The Kier molecular flexibility index (Phi) is 6.12. The largest absolute Gasteiger partial charge is 0.489 e. The van der Waals surface area contributed by atoms with Crippen LogP contribution < -0.4 is 10.1 Å². The van der Waals surface area contributed by atoms with Crippen molar-refractivity contribution in [1.29, 1.82) is 0 Å². The van der Waals surface area contributed by atoms with Crippen LogP contribution in [0.5, 0.6) is 5.75 Å². The van der Waals surface area contributed by atoms with E-state index in [4.69, 9.17) is 4.74 Å². The lowest BCUT2D eigenvalue weighted by Crippen LogP contribution is -2.49. The SMILES string of the molecule is C=CCOc1ccccc1C(=O)[C@@H]1[C@H](C(=O)c2ccccc2)N2C=Cc3ccccc3[C@H]2[C@]12C(=O)Nc1ccccc12. The van der Waals surface area contributed by atoms with E-state index in [-0.39, 0.29) is 24.1 Å². The lowest BCUT2D eigenvalue weighted by atomic mass is 9.62. The molecule has 4 aromatic carbocycles. The Morgan fingerprint density at radius 3 is 2.43 bits per heavy atom. The molecule has 4 aromatic rings. The summed E-state index contributed by atoms with van der Waals surface area (Å²) in [4.78, 5) is 46.1. The van der Waals surface area contributed by atoms with Crippen molar-refractivity contribution < 1.29 is 19.1 Å². The van der Waals surface area contributed by atoms with E-state index in [9.17, 15) is 9.59 Å². The van der Waals surface area contributed by atoms with Crippen LogP contribution in [0.2, 0.25) is 0 Å². The predicted molar refractivity (Wildman–Crippen MR) is 161 cm³/mol. The number of anilines is 1. The van der Waals surface area contributed by atoms with Crippen molar-refractivity contribution in [2.75, 3.05) is 11.9 Å². The second kappa shape index (κ2) is 10.00. The van der Waals surface area contributed by atoms with Crippen LogP contribution >= 0.6 is 0 Å². The van der Waals surface area contributed by atoms with Gasteiger partial charge in [-0.05, 0) is 41.0 Å². The molecule has 3 heterocycles. The topological polar surface area (TPSA) is 75.7 Å². The first-order valence-corrected chi connectivity index (χ1v) is 14.0. The van der Waals surface area contributed by atoms with E-state index in [2.05, 4.69) is 11.9 Å². The fraction of sp³-hybridized carbons (Fsp3) is 0.139. The second-order valence-electron chi connectivity index (χ2n) is 10.8. The molecule has 0 bridgehead atoms. The third-order valence-corrected chi connectivity index (χ3v) is 8.69. The van der Waals surface area contributed by atoms with Gasteiger partial charge in [0.15, 0.2) is 11.6 Å². The van der Waals surface area contributed by atoms with Crippen LogP contribution in [0.15, 0.2) is 122 Å². The zero-order chi connectivity index (χ0) is 28.8. The zero-order valence-electron chi connectivity index (χ0n) is 22.8. The van der Waals surface area contributed by atoms with E-state index in [1.165, 1.54) is 0 Å². The zero-order valence-corrected chi connectivity index (χ0v) is 22.8. The molecule has 0 saturated carbocycles. The smallest absolute Gasteiger partial charge is 0.238 e. The van der Waals surface area contributed by atoms with Crippen LogP contribution in [0, 0.1) is 5.92 Å². The number of Topliss-reactive ketones (excluding diaryl/α,β-unsaturated/α-hetero) is 2. The molecule has 1 fully saturated rings. The van der Waals surface area contributed by atoms with Gasteiger partial charge in [0.1, 0.15) is 23.8 Å². The predicted octanol–water partition coefficient (Wildman–Crippen LogP) is 6.23. The molecular formula is C36H28N2O4. The van der Waals surface area contributed by atoms with Gasteiger partial charge in [-0.1, -0.05) is 97.6 Å². The fourth-order valence-corrected chi connectivity index (χ4v) is 7.05. The molecule has 6 heteroatoms. The molecule has 3 aliphatic heterocycles. The number of carbonyl (C=O) groups is 3. The molecule has 206 valence electrons. The van der Waals surface area contributed by atoms with Gasteiger partial charge in [-0.2, -0.15) is 0 Å². The van der Waals surface area contributed by atoms with Crippen LogP contribution in [-0.2, 0) is 10.2 Å². The first-order chi connectivity index (χ1) is 20.6. The second-order valence-corrected chi connectivity index (χ2v) is 10.8. The highest BCUT2D eigenvalue weighted by molar-refractivity contribution is 6.17. The van der Waals surface area contributed by atoms with Gasteiger partial charge in [0.2, 0.25) is 5.91 Å². The maximum atomic E-state index is 15.1. The summed E-state index contributed by atoms with van der Waals surface area (Å²) >= 11 is 0. The van der Waals surface area contributed by atoms with Gasteiger partial charge in [-0.25, -0.2) is 0 Å². The number of amides is 1. The highest BCUT2D eigenvalue weighted by Crippen LogP contribution is 2.62. The molecule has 1 spiro atoms. The average molecular weight is 553 g/mol. The number of carbonyl (C=O) groups excluding carboxylic acids is 3. The summed E-state index contributed by atoms with van der Waals surface area (Å²) in [6.07, 6.45) is 5.45. The monoisotopic (exact) mass is 552 g/mol. The summed E-state index contributed by atoms with van der Waals surface area (Å²) in [7, 11) is 0. The van der Waals surface area contributed by atoms with Gasteiger partial charge in [0.05, 0.1) is 17.5 Å². The summed E-state index contributed by atoms with van der Waals surface area (Å²) < 4.78 is 5.92. The molecule has 3 aliphatic rings. The Hall–Kier alpha value is -5.23. The summed E-state index contributed by atoms with van der Waals surface area (Å²) in [5.41, 5.74) is 2.61. The molecule has 42 heavy (non-hydrogen) atoms. The number of hydrogen-bond donors (Lipinski definition) is 1. The normalized spacial score (nSPS) is 23.1. The quantitative estimate of drug-likeness (QED) is 0.217. The number of ether oxygens (including phenoxy) is 1. The lowest BCUT2D eigenvalue weighted by molar-refractivity contribution is -0.122. The van der Waals surface area contributed by atoms with Gasteiger partial charge in [-0.3, -0.25) is 14.4 Å². The van der Waals surface area contributed by atoms with Crippen molar-refractivity contribution in [3.63, 3.8) is 0 Å². The average Bonchev–Trinajstić information content (AvgIpc) is 3.52. The van der Waals surface area contributed by atoms with Gasteiger partial charge < -0.3 is 15.0 Å². The highest BCUT2D eigenvalue weighted by atomic mass is 16.5. The van der Waals surface area contributed by atoms with Crippen LogP contribution in [-0.4, -0.2) is 35.0 Å². The van der Waals surface area contributed by atoms with Crippen molar-refractivity contribution >= 4 is 29.2 Å². The Morgan fingerprint density at radius 2 is 1.60 bits per heavy atom. The molecule has 1 saturated heterocycles. The number of ketones is 2. The van der Waals surface area contributed by atoms with Crippen molar-refractivity contribution in [2.24, 2.45) is 5.92 Å². The Labute approximate surface area is 243 Å². The molecule has 4 atom stereocenters. The Morgan fingerprint density at radius 1 is 0.881 bits per heavy atom. The van der Waals surface area contributed by atoms with Crippen molar-refractivity contribution in [3.8, 4) is 5.75 Å². The summed E-state index contributed by atoms with van der Waals surface area (Å²) in [5.74, 6) is -1.52. The summed E-state index contributed by atoms with van der Waals surface area (Å²) in [6.45, 7) is 3.95. The summed E-state index contributed by atoms with van der Waals surface area (Å²) in [6, 6.07) is 29.8. The number of nitrogens with zero attached hydrogens (tertiary/aromatic N) is 1. The highest BCUT2D eigenvalue weighted by Gasteiger charge is 2.70. The molecule has 1 amide bonds. The van der Waals surface area contributed by atoms with E-state index >= 15 is 4.79 Å². The van der Waals surface area contributed by atoms with Crippen LogP contribution in [0.4, 0.5) is 5.69 Å². The maximum absolute atomic E-state index is 15.1. The molecule has 6 nitrogen and oxygen atoms in total. The Balaban J connectivity index is 1.53. The van der Waals surface area contributed by atoms with Crippen molar-refractivity contribution in [3.05, 3.63) is 150 Å². The van der Waals surface area contributed by atoms with E-state index in [1.54, 1.807) is 42.5 Å². The lowest BCUT2D eigenvalue weighted by Gasteiger charge is -2.38. The standard InChI is InChI=1S/C36H28N2O4/c1-2-22-42-29-19-11-8-16-26(29)33(40)30-31(32(39)24-13-4-3-5-14-24)38-21-20-23-12-6-7-15-25(23)34(38)36(30)27-17-9-10-18-28(27)37-35(36)41/h2-21,30-31,34H,1,22H2,(H,37,41)/t30-,31+,34-,36+/m0/s1. The molecule has 0 aliphatic carbocycles. The Bertz CT molecular complexity index is 1780. The number of rotatable bonds is 7. The molecule has 0 aromatic heterocycles. The number of benzene rings is 4. The van der Waals surface area contributed by atoms with E-state index in [0.717, 1.165) is 11.1 Å². The number of para-hydroxylation sites is 2. The van der Waals surface area contributed by atoms with Gasteiger partial charge in [0.25, 0.3) is 0 Å². The van der Waals surface area contributed by atoms with Crippen molar-refractivity contribution in [2.45, 2.75) is 17.5 Å². The first-order valence-electron chi connectivity index (χ1n) is 14.0. The van der Waals surface area contributed by atoms with Crippen LogP contribution in [0.25, 0.3) is 6.08 Å². The van der Waals surface area contributed by atoms with E-state index in [0.29, 0.717) is 28.1 Å². The maximum Gasteiger partial charge on any atom is 0.238 e. The first kappa shape index (κ1) is 25.7. The molecular weight excluding hydrogens is 524 g/mol. The molecule has 0 radical (unpaired) electrons. The van der Waals surface area contributed by atoms with E-state index in [1.807, 2.05) is 83.9 Å². The minimum atomic E-state index is -1.39. The molecule has 7 rings (SSSR count). The third-order valence-electron chi connectivity index (χ3n) is 8.69. The number of nitrogens with one attached hydrogen (secondary N) is 1.